The molecule has 0 saturated carbocycles. The van der Waals surface area contributed by atoms with E-state index in [-0.39, 0.29) is 16.5 Å². The minimum absolute atomic E-state index is 0.0555. The molecule has 1 atom stereocenters. The molecule has 196 valence electrons. The highest BCUT2D eigenvalue weighted by Crippen LogP contribution is 2.30. The Kier molecular flexibility index (Phi) is 9.06. The van der Waals surface area contributed by atoms with Gasteiger partial charge in [-0.2, -0.15) is 0 Å². The third kappa shape index (κ3) is 6.95. The average molecular weight is 553 g/mol. The zero-order valence-electron chi connectivity index (χ0n) is 19.8. The number of halogens is 3. The minimum Gasteiger partial charge on any atom is -0.465 e. The number of methoxy groups -OCH3 is 1. The topological polar surface area (TPSA) is 102 Å². The number of hydrogen-bond acceptors (Lipinski definition) is 6. The van der Waals surface area contributed by atoms with E-state index in [2.05, 4.69) is 10.1 Å². The predicted octanol–water partition coefficient (Wildman–Crippen LogP) is 4.92. The van der Waals surface area contributed by atoms with Crippen LogP contribution < -0.4 is 9.62 Å². The van der Waals surface area contributed by atoms with E-state index in [0.29, 0.717) is 15.4 Å². The molecule has 3 rings (SSSR count). The van der Waals surface area contributed by atoms with Crippen molar-refractivity contribution in [3.8, 4) is 0 Å². The van der Waals surface area contributed by atoms with Gasteiger partial charge in [-0.25, -0.2) is 26.8 Å². The molecule has 1 N–H and O–H groups in total. The zero-order chi connectivity index (χ0) is 27.2. The number of carbonyl (C=O) groups is 2. The molecule has 0 aliphatic carbocycles. The van der Waals surface area contributed by atoms with Crippen molar-refractivity contribution in [3.05, 3.63) is 94.5 Å². The van der Waals surface area contributed by atoms with Crippen LogP contribution in [-0.2, 0) is 26.0 Å². The molecule has 12 heteroatoms. The number of nitrogens with zero attached hydrogens (tertiary/aromatic N) is 1. The number of anilines is 1. The van der Waals surface area contributed by atoms with Crippen LogP contribution in [0.25, 0.3) is 0 Å². The molecule has 8 nitrogen and oxygen atoms in total. The van der Waals surface area contributed by atoms with Crippen LogP contribution in [0.5, 0.6) is 0 Å². The van der Waals surface area contributed by atoms with E-state index in [1.54, 1.807) is 12.1 Å². The number of carbonyl (C=O) groups excluding carboxylic acids is 2. The monoisotopic (exact) mass is 552 g/mol. The van der Waals surface area contributed by atoms with Gasteiger partial charge in [0.25, 0.3) is 10.0 Å². The van der Waals surface area contributed by atoms with E-state index in [9.17, 15) is 26.8 Å². The first-order valence-electron chi connectivity index (χ1n) is 10.9. The molecule has 0 heterocycles. The molecule has 0 aliphatic heterocycles. The van der Waals surface area contributed by atoms with Crippen LogP contribution in [0.4, 0.5) is 19.3 Å². The maximum atomic E-state index is 14.7. The number of rotatable bonds is 9. The minimum atomic E-state index is -4.41. The molecule has 3 aromatic rings. The van der Waals surface area contributed by atoms with E-state index in [4.69, 9.17) is 16.3 Å². The summed E-state index contributed by atoms with van der Waals surface area (Å²) in [4.78, 5) is 23.5. The Hall–Kier alpha value is -3.70. The van der Waals surface area contributed by atoms with Gasteiger partial charge in [-0.05, 0) is 61.0 Å². The summed E-state index contributed by atoms with van der Waals surface area (Å²) < 4.78 is 65.9. The van der Waals surface area contributed by atoms with Crippen LogP contribution in [0.15, 0.2) is 71.6 Å². The van der Waals surface area contributed by atoms with Crippen LogP contribution in [-0.4, -0.2) is 40.2 Å². The third-order valence-electron chi connectivity index (χ3n) is 5.18. The van der Waals surface area contributed by atoms with Gasteiger partial charge in [0.1, 0.15) is 18.2 Å². The fourth-order valence-electron chi connectivity index (χ4n) is 3.34. The Morgan fingerprint density at radius 3 is 2.30 bits per heavy atom. The molecule has 0 radical (unpaired) electrons. The van der Waals surface area contributed by atoms with Gasteiger partial charge in [0.15, 0.2) is 0 Å². The number of hydrogen-bond donors (Lipinski definition) is 1. The van der Waals surface area contributed by atoms with Gasteiger partial charge in [0.2, 0.25) is 0 Å². The predicted molar refractivity (Wildman–Crippen MR) is 133 cm³/mol. The summed E-state index contributed by atoms with van der Waals surface area (Å²) in [6.45, 7) is 0.965. The van der Waals surface area contributed by atoms with Crippen molar-refractivity contribution in [2.24, 2.45) is 0 Å². The zero-order valence-corrected chi connectivity index (χ0v) is 21.4. The summed E-state index contributed by atoms with van der Waals surface area (Å²) >= 11 is 5.85. The van der Waals surface area contributed by atoms with Gasteiger partial charge in [-0.15, -0.1) is 0 Å². The summed E-state index contributed by atoms with van der Waals surface area (Å²) in [5.41, 5.74) is 0.456. The quantitative estimate of drug-likeness (QED) is 0.378. The number of sulfonamides is 1. The van der Waals surface area contributed by atoms with Crippen molar-refractivity contribution in [1.82, 2.24) is 5.32 Å². The number of ether oxygens (including phenoxy) is 2. The van der Waals surface area contributed by atoms with Gasteiger partial charge in [0, 0.05) is 17.6 Å². The van der Waals surface area contributed by atoms with Crippen molar-refractivity contribution in [2.45, 2.75) is 24.4 Å². The Bertz CT molecular complexity index is 1370. The maximum absolute atomic E-state index is 14.7. The molecule has 0 fully saturated rings. The lowest BCUT2D eigenvalue weighted by Crippen LogP contribution is -2.43. The molecule has 1 amide bonds. The Balaban J connectivity index is 1.74. The summed E-state index contributed by atoms with van der Waals surface area (Å²) in [6, 6.07) is 12.7. The van der Waals surface area contributed by atoms with Gasteiger partial charge >= 0.3 is 12.1 Å². The smallest absolute Gasteiger partial charge is 0.407 e. The standard InChI is InChI=1S/C25H23ClF2N2O6S/c1-16(15-36-25(32)29-14-17-3-5-18(6-4-17)24(31)35-2)30(23-13-20(27)9-12-22(23)28)37(33,34)21-10-7-19(26)8-11-21/h3-13,16H,14-15H2,1-2H3,(H,29,32). The number of alkyl carbamates (subject to hydrolysis) is 1. The molecule has 1 unspecified atom stereocenters. The lowest BCUT2D eigenvalue weighted by atomic mass is 10.1. The second-order valence-corrected chi connectivity index (χ2v) is 10.1. The highest BCUT2D eigenvalue weighted by molar-refractivity contribution is 7.92. The molecule has 0 saturated heterocycles. The fourth-order valence-corrected chi connectivity index (χ4v) is 5.11. The van der Waals surface area contributed by atoms with Gasteiger partial charge in [-0.3, -0.25) is 4.31 Å². The maximum Gasteiger partial charge on any atom is 0.407 e. The first-order chi connectivity index (χ1) is 17.5. The van der Waals surface area contributed by atoms with E-state index < -0.39 is 52.1 Å². The van der Waals surface area contributed by atoms with Crippen LogP contribution in [0.2, 0.25) is 5.02 Å². The highest BCUT2D eigenvalue weighted by Gasteiger charge is 2.32. The molecule has 0 aromatic heterocycles. The number of amides is 1. The van der Waals surface area contributed by atoms with Crippen molar-refractivity contribution in [3.63, 3.8) is 0 Å². The van der Waals surface area contributed by atoms with Crippen molar-refractivity contribution in [1.29, 1.82) is 0 Å². The normalized spacial score (nSPS) is 11.9. The van der Waals surface area contributed by atoms with Crippen LogP contribution >= 0.6 is 11.6 Å². The molecule has 0 aliphatic rings. The Labute approximate surface area is 217 Å². The molecule has 0 bridgehead atoms. The summed E-state index contributed by atoms with van der Waals surface area (Å²) in [5, 5.41) is 2.79. The number of nitrogens with one attached hydrogen (secondary N) is 1. The lowest BCUT2D eigenvalue weighted by molar-refractivity contribution is 0.0600. The summed E-state index contributed by atoms with van der Waals surface area (Å²) in [5.74, 6) is -2.33. The summed E-state index contributed by atoms with van der Waals surface area (Å²) in [7, 11) is -3.14. The van der Waals surface area contributed by atoms with E-state index in [1.165, 1.54) is 50.4 Å². The van der Waals surface area contributed by atoms with E-state index in [1.807, 2.05) is 0 Å². The second kappa shape index (κ2) is 12.0. The number of esters is 1. The molecule has 37 heavy (non-hydrogen) atoms. The molecular weight excluding hydrogens is 530 g/mol. The molecule has 0 spiro atoms. The fraction of sp³-hybridized carbons (Fsp3) is 0.200. The Morgan fingerprint density at radius 1 is 1.03 bits per heavy atom. The van der Waals surface area contributed by atoms with Crippen molar-refractivity contribution in [2.75, 3.05) is 18.0 Å². The average Bonchev–Trinajstić information content (AvgIpc) is 2.88. The highest BCUT2D eigenvalue weighted by atomic mass is 35.5. The first kappa shape index (κ1) is 27.9. The van der Waals surface area contributed by atoms with Gasteiger partial charge in [-0.1, -0.05) is 23.7 Å². The number of benzene rings is 3. The van der Waals surface area contributed by atoms with Gasteiger partial charge in [0.05, 0.1) is 29.3 Å². The van der Waals surface area contributed by atoms with Crippen LogP contribution in [0.3, 0.4) is 0 Å². The van der Waals surface area contributed by atoms with Crippen LogP contribution in [0, 0.1) is 11.6 Å². The molecular formula is C25H23ClF2N2O6S. The lowest BCUT2D eigenvalue weighted by Gasteiger charge is -2.30. The largest absolute Gasteiger partial charge is 0.465 e. The second-order valence-electron chi connectivity index (χ2n) is 7.84. The van der Waals surface area contributed by atoms with Crippen molar-refractivity contribution >= 4 is 39.4 Å². The Morgan fingerprint density at radius 2 is 1.68 bits per heavy atom. The molecule has 3 aromatic carbocycles. The van der Waals surface area contributed by atoms with Crippen LogP contribution in [0.1, 0.15) is 22.8 Å². The van der Waals surface area contributed by atoms with E-state index in [0.717, 1.165) is 18.2 Å². The summed E-state index contributed by atoms with van der Waals surface area (Å²) in [6.07, 6.45) is -0.868. The van der Waals surface area contributed by atoms with Crippen molar-refractivity contribution < 1.29 is 36.3 Å². The first-order valence-corrected chi connectivity index (χ1v) is 12.7. The third-order valence-corrected chi connectivity index (χ3v) is 7.38. The SMILES string of the molecule is COC(=O)c1ccc(CNC(=O)OCC(C)N(c2cc(F)ccc2F)S(=O)(=O)c2ccc(Cl)cc2)cc1. The van der Waals surface area contributed by atoms with E-state index >= 15 is 0 Å². The van der Waals surface area contributed by atoms with Gasteiger partial charge < -0.3 is 14.8 Å².